The van der Waals surface area contributed by atoms with Crippen molar-refractivity contribution in [2.24, 2.45) is 0 Å². The van der Waals surface area contributed by atoms with Gasteiger partial charge in [0.2, 0.25) is 0 Å². The third-order valence-corrected chi connectivity index (χ3v) is 4.00. The van der Waals surface area contributed by atoms with Gasteiger partial charge in [0, 0.05) is 23.5 Å². The van der Waals surface area contributed by atoms with Gasteiger partial charge in [0.05, 0.1) is 18.3 Å². The lowest BCUT2D eigenvalue weighted by atomic mass is 10.1. The van der Waals surface area contributed by atoms with Crippen LogP contribution < -0.4 is 5.32 Å². The largest absolute Gasteiger partial charge is 0.433 e. The first-order valence-electron chi connectivity index (χ1n) is 8.50. The first kappa shape index (κ1) is 19.7. The van der Waals surface area contributed by atoms with Crippen molar-refractivity contribution < 1.29 is 18.3 Å². The number of rotatable bonds is 5. The second-order valence-corrected chi connectivity index (χ2v) is 6.18. The number of pyridine rings is 2. The molecule has 0 aromatic carbocycles. The number of aryl methyl sites for hydroxylation is 1. The van der Waals surface area contributed by atoms with Crippen molar-refractivity contribution in [1.29, 1.82) is 0 Å². The Hall–Kier alpha value is -3.07. The van der Waals surface area contributed by atoms with Crippen LogP contribution in [-0.4, -0.2) is 25.0 Å². The molecule has 3 rings (SSSR count). The van der Waals surface area contributed by atoms with Crippen LogP contribution in [0.4, 0.5) is 19.0 Å². The summed E-state index contributed by atoms with van der Waals surface area (Å²) in [4.78, 5) is 16.1. The van der Waals surface area contributed by atoms with E-state index in [4.69, 9.17) is 0 Å². The molecule has 0 aliphatic heterocycles. The lowest BCUT2D eigenvalue weighted by molar-refractivity contribution is -0.141. The van der Waals surface area contributed by atoms with Crippen LogP contribution in [0, 0.1) is 6.92 Å². The number of hydrogen-bond donors (Lipinski definition) is 2. The molecule has 3 heterocycles. The van der Waals surface area contributed by atoms with E-state index in [-0.39, 0.29) is 23.9 Å². The zero-order chi connectivity index (χ0) is 20.3. The predicted molar refractivity (Wildman–Crippen MR) is 97.2 cm³/mol. The fourth-order valence-corrected chi connectivity index (χ4v) is 2.64. The van der Waals surface area contributed by atoms with Crippen molar-refractivity contribution >= 4 is 5.82 Å². The molecule has 0 bridgehead atoms. The normalized spacial score (nSPS) is 12.6. The highest BCUT2D eigenvalue weighted by atomic mass is 19.4. The number of hydrogen-bond acceptors (Lipinski definition) is 6. The van der Waals surface area contributed by atoms with Crippen molar-refractivity contribution in [1.82, 2.24) is 19.9 Å². The van der Waals surface area contributed by atoms with Gasteiger partial charge in [-0.15, -0.1) is 0 Å². The average molecular weight is 389 g/mol. The summed E-state index contributed by atoms with van der Waals surface area (Å²) >= 11 is 0. The van der Waals surface area contributed by atoms with E-state index in [0.717, 1.165) is 6.07 Å². The van der Waals surface area contributed by atoms with Crippen LogP contribution in [0.1, 0.15) is 35.7 Å². The van der Waals surface area contributed by atoms with Gasteiger partial charge in [0.1, 0.15) is 11.5 Å². The molecule has 3 aromatic rings. The van der Waals surface area contributed by atoms with Crippen LogP contribution >= 0.6 is 0 Å². The minimum atomic E-state index is -4.61. The van der Waals surface area contributed by atoms with E-state index in [2.05, 4.69) is 25.3 Å². The maximum absolute atomic E-state index is 13.2. The fraction of sp³-hybridized carbons (Fsp3) is 0.263. The molecule has 2 N–H and O–H groups in total. The maximum atomic E-state index is 13.2. The molecule has 28 heavy (non-hydrogen) atoms. The summed E-state index contributed by atoms with van der Waals surface area (Å²) in [6, 6.07) is 9.14. The summed E-state index contributed by atoms with van der Waals surface area (Å²) in [7, 11) is 0. The Bertz CT molecular complexity index is 962. The van der Waals surface area contributed by atoms with Gasteiger partial charge < -0.3 is 10.4 Å². The Balaban J connectivity index is 1.88. The molecular formula is C19H18F3N5O. The monoisotopic (exact) mass is 389 g/mol. The molecule has 9 heteroatoms. The molecule has 3 aromatic heterocycles. The number of nitrogens with one attached hydrogen (secondary N) is 1. The van der Waals surface area contributed by atoms with Gasteiger partial charge in [0.25, 0.3) is 0 Å². The van der Waals surface area contributed by atoms with Crippen molar-refractivity contribution in [3.8, 4) is 11.5 Å². The summed E-state index contributed by atoms with van der Waals surface area (Å²) in [6.45, 7) is 3.56. The Morgan fingerprint density at radius 3 is 2.50 bits per heavy atom. The SMILES string of the molecule is Cc1nc(CNc2cc(C(F)(F)F)nc(-c3ccccn3)n2)ccc1[C@@H](C)O. The summed E-state index contributed by atoms with van der Waals surface area (Å²) < 4.78 is 39.7. The van der Waals surface area contributed by atoms with Gasteiger partial charge in [0.15, 0.2) is 11.5 Å². The lowest BCUT2D eigenvalue weighted by Gasteiger charge is -2.13. The van der Waals surface area contributed by atoms with Crippen molar-refractivity contribution in [3.63, 3.8) is 0 Å². The molecule has 0 amide bonds. The fourth-order valence-electron chi connectivity index (χ4n) is 2.64. The number of halogens is 3. The van der Waals surface area contributed by atoms with E-state index in [1.54, 1.807) is 44.2 Å². The van der Waals surface area contributed by atoms with Crippen LogP contribution in [-0.2, 0) is 12.7 Å². The highest BCUT2D eigenvalue weighted by molar-refractivity contribution is 5.53. The quantitative estimate of drug-likeness (QED) is 0.688. The van der Waals surface area contributed by atoms with Crippen LogP contribution in [0.25, 0.3) is 11.5 Å². The van der Waals surface area contributed by atoms with Crippen molar-refractivity contribution in [3.05, 3.63) is 65.2 Å². The van der Waals surface area contributed by atoms with Crippen LogP contribution in [0.3, 0.4) is 0 Å². The third kappa shape index (κ3) is 4.61. The van der Waals surface area contributed by atoms with Gasteiger partial charge in [-0.25, -0.2) is 9.97 Å². The molecule has 146 valence electrons. The maximum Gasteiger partial charge on any atom is 0.433 e. The molecule has 0 unspecified atom stereocenters. The van der Waals surface area contributed by atoms with E-state index in [9.17, 15) is 18.3 Å². The molecule has 0 saturated heterocycles. The van der Waals surface area contributed by atoms with Crippen LogP contribution in [0.2, 0.25) is 0 Å². The molecule has 0 aliphatic carbocycles. The van der Waals surface area contributed by atoms with Gasteiger partial charge in [-0.3, -0.25) is 9.97 Å². The Morgan fingerprint density at radius 2 is 1.89 bits per heavy atom. The van der Waals surface area contributed by atoms with E-state index in [1.807, 2.05) is 0 Å². The molecule has 0 spiro atoms. The standard InChI is InChI=1S/C19H18F3N5O/c1-11-14(12(2)28)7-6-13(25-11)10-24-17-9-16(19(20,21)22)26-18(27-17)15-5-3-4-8-23-15/h3-9,12,28H,10H2,1-2H3,(H,24,26,27)/t12-/m1/s1. The van der Waals surface area contributed by atoms with Crippen molar-refractivity contribution in [2.45, 2.75) is 32.7 Å². The van der Waals surface area contributed by atoms with E-state index in [0.29, 0.717) is 17.0 Å². The molecule has 1 atom stereocenters. The summed E-state index contributed by atoms with van der Waals surface area (Å²) in [5.41, 5.74) is 1.14. The van der Waals surface area contributed by atoms with Gasteiger partial charge in [-0.05, 0) is 32.0 Å². The summed E-state index contributed by atoms with van der Waals surface area (Å²) in [6.07, 6.45) is -3.80. The Labute approximate surface area is 159 Å². The highest BCUT2D eigenvalue weighted by Gasteiger charge is 2.34. The lowest BCUT2D eigenvalue weighted by Crippen LogP contribution is -2.13. The highest BCUT2D eigenvalue weighted by Crippen LogP contribution is 2.30. The zero-order valence-corrected chi connectivity index (χ0v) is 15.2. The molecule has 0 aliphatic rings. The van der Waals surface area contributed by atoms with Crippen LogP contribution in [0.5, 0.6) is 0 Å². The average Bonchev–Trinajstić information content (AvgIpc) is 2.66. The number of nitrogens with zero attached hydrogens (tertiary/aromatic N) is 4. The Morgan fingerprint density at radius 1 is 1.11 bits per heavy atom. The predicted octanol–water partition coefficient (Wildman–Crippen LogP) is 3.93. The summed E-state index contributed by atoms with van der Waals surface area (Å²) in [5, 5.41) is 12.5. The molecule has 0 radical (unpaired) electrons. The van der Waals surface area contributed by atoms with Crippen LogP contribution in [0.15, 0.2) is 42.6 Å². The number of alkyl halides is 3. The van der Waals surface area contributed by atoms with Gasteiger partial charge in [-0.2, -0.15) is 13.2 Å². The van der Waals surface area contributed by atoms with Gasteiger partial charge >= 0.3 is 6.18 Å². The minimum absolute atomic E-state index is 0.0158. The molecule has 0 saturated carbocycles. The molecular weight excluding hydrogens is 371 g/mol. The van der Waals surface area contributed by atoms with E-state index in [1.165, 1.54) is 6.20 Å². The molecule has 0 fully saturated rings. The Kier molecular flexibility index (Phi) is 5.55. The number of aliphatic hydroxyl groups excluding tert-OH is 1. The minimum Gasteiger partial charge on any atom is -0.389 e. The smallest absolute Gasteiger partial charge is 0.389 e. The first-order valence-corrected chi connectivity index (χ1v) is 8.50. The molecule has 6 nitrogen and oxygen atoms in total. The zero-order valence-electron chi connectivity index (χ0n) is 15.2. The third-order valence-electron chi connectivity index (χ3n) is 4.00. The second kappa shape index (κ2) is 7.89. The number of anilines is 1. The summed E-state index contributed by atoms with van der Waals surface area (Å²) in [5.74, 6) is -0.103. The van der Waals surface area contributed by atoms with E-state index >= 15 is 0 Å². The topological polar surface area (TPSA) is 83.8 Å². The van der Waals surface area contributed by atoms with E-state index < -0.39 is 18.0 Å². The first-order chi connectivity index (χ1) is 13.2. The van der Waals surface area contributed by atoms with Gasteiger partial charge in [-0.1, -0.05) is 12.1 Å². The number of aliphatic hydroxyl groups is 1. The number of aromatic nitrogens is 4. The van der Waals surface area contributed by atoms with Crippen molar-refractivity contribution in [2.75, 3.05) is 5.32 Å². The second-order valence-electron chi connectivity index (χ2n) is 6.18.